The lowest BCUT2D eigenvalue weighted by molar-refractivity contribution is -0.124. The standard InChI is InChI=1S/C13H19BN2O2/c1-2-3-12(17)15-9-13(18)16-11-6-4-10(8-14)5-7-11/h4-7H,2-3,8-9,14H2,1H3,(H,15,17)(H,16,18). The van der Waals surface area contributed by atoms with Crippen LogP contribution in [0, 0.1) is 0 Å². The highest BCUT2D eigenvalue weighted by molar-refractivity contribution is 6.08. The van der Waals surface area contributed by atoms with E-state index in [0.29, 0.717) is 6.42 Å². The molecule has 0 spiro atoms. The average molecular weight is 246 g/mol. The molecule has 96 valence electrons. The molecule has 1 aromatic carbocycles. The van der Waals surface area contributed by atoms with Crippen LogP contribution in [0.5, 0.6) is 0 Å². The molecule has 2 amide bonds. The number of nitrogens with one attached hydrogen (secondary N) is 2. The Morgan fingerprint density at radius 2 is 1.83 bits per heavy atom. The fourth-order valence-corrected chi connectivity index (χ4v) is 1.52. The second-order valence-corrected chi connectivity index (χ2v) is 4.13. The number of benzene rings is 1. The summed E-state index contributed by atoms with van der Waals surface area (Å²) in [6.07, 6.45) is 2.21. The van der Waals surface area contributed by atoms with Gasteiger partial charge >= 0.3 is 0 Å². The van der Waals surface area contributed by atoms with E-state index >= 15 is 0 Å². The molecule has 0 bridgehead atoms. The molecule has 0 aliphatic heterocycles. The molecule has 18 heavy (non-hydrogen) atoms. The van der Waals surface area contributed by atoms with Crippen LogP contribution in [0.3, 0.4) is 0 Å². The third-order valence-corrected chi connectivity index (χ3v) is 2.57. The van der Waals surface area contributed by atoms with Crippen LogP contribution in [0.1, 0.15) is 25.3 Å². The quantitative estimate of drug-likeness (QED) is 0.725. The summed E-state index contributed by atoms with van der Waals surface area (Å²) in [5, 5.41) is 5.31. The minimum absolute atomic E-state index is 0.0222. The van der Waals surface area contributed by atoms with E-state index in [9.17, 15) is 9.59 Å². The van der Waals surface area contributed by atoms with Crippen LogP contribution < -0.4 is 10.6 Å². The molecular weight excluding hydrogens is 227 g/mol. The van der Waals surface area contributed by atoms with Gasteiger partial charge in [-0.05, 0) is 18.6 Å². The van der Waals surface area contributed by atoms with Crippen molar-refractivity contribution < 1.29 is 9.59 Å². The lowest BCUT2D eigenvalue weighted by atomic mass is 9.97. The summed E-state index contributed by atoms with van der Waals surface area (Å²) < 4.78 is 0. The summed E-state index contributed by atoms with van der Waals surface area (Å²) in [7, 11) is 2.08. The summed E-state index contributed by atoms with van der Waals surface area (Å²) in [6, 6.07) is 7.69. The second-order valence-electron chi connectivity index (χ2n) is 4.13. The van der Waals surface area contributed by atoms with Crippen LogP contribution >= 0.6 is 0 Å². The molecule has 0 aromatic heterocycles. The molecule has 0 saturated heterocycles. The van der Waals surface area contributed by atoms with Gasteiger partial charge in [-0.15, -0.1) is 0 Å². The Morgan fingerprint density at radius 3 is 2.39 bits per heavy atom. The first-order valence-corrected chi connectivity index (χ1v) is 6.31. The molecule has 0 atom stereocenters. The van der Waals surface area contributed by atoms with Gasteiger partial charge in [-0.3, -0.25) is 9.59 Å². The lowest BCUT2D eigenvalue weighted by Crippen LogP contribution is -2.32. The summed E-state index contributed by atoms with van der Waals surface area (Å²) in [4.78, 5) is 22.7. The Bertz CT molecular complexity index is 404. The van der Waals surface area contributed by atoms with E-state index in [0.717, 1.165) is 18.4 Å². The van der Waals surface area contributed by atoms with Crippen molar-refractivity contribution in [2.24, 2.45) is 0 Å². The second kappa shape index (κ2) is 7.53. The van der Waals surface area contributed by atoms with Crippen molar-refractivity contribution in [3.8, 4) is 0 Å². The van der Waals surface area contributed by atoms with Gasteiger partial charge in [0.15, 0.2) is 0 Å². The van der Waals surface area contributed by atoms with Gasteiger partial charge in [0.1, 0.15) is 7.85 Å². The van der Waals surface area contributed by atoms with E-state index in [1.54, 1.807) is 0 Å². The highest BCUT2D eigenvalue weighted by atomic mass is 16.2. The van der Waals surface area contributed by atoms with Gasteiger partial charge in [-0.1, -0.05) is 30.9 Å². The fraction of sp³-hybridized carbons (Fsp3) is 0.385. The van der Waals surface area contributed by atoms with Crippen molar-refractivity contribution in [3.63, 3.8) is 0 Å². The fourth-order valence-electron chi connectivity index (χ4n) is 1.52. The predicted octanol–water partition coefficient (Wildman–Crippen LogP) is 0.674. The summed E-state index contributed by atoms with van der Waals surface area (Å²) in [5.41, 5.74) is 1.98. The van der Waals surface area contributed by atoms with E-state index < -0.39 is 0 Å². The summed E-state index contributed by atoms with van der Waals surface area (Å²) >= 11 is 0. The molecule has 5 heteroatoms. The third kappa shape index (κ3) is 5.04. The molecule has 0 heterocycles. The van der Waals surface area contributed by atoms with Gasteiger partial charge < -0.3 is 10.6 Å². The maximum absolute atomic E-state index is 11.5. The minimum Gasteiger partial charge on any atom is -0.347 e. The SMILES string of the molecule is BCc1ccc(NC(=O)CNC(=O)CCC)cc1. The molecular formula is C13H19BN2O2. The first kappa shape index (κ1) is 14.3. The van der Waals surface area contributed by atoms with Crippen LogP contribution in [-0.4, -0.2) is 26.2 Å². The van der Waals surface area contributed by atoms with Gasteiger partial charge in [0.05, 0.1) is 6.54 Å². The zero-order valence-electron chi connectivity index (χ0n) is 11.0. The van der Waals surface area contributed by atoms with E-state index in [2.05, 4.69) is 18.5 Å². The first-order chi connectivity index (χ1) is 8.65. The van der Waals surface area contributed by atoms with Crippen molar-refractivity contribution in [1.82, 2.24) is 5.32 Å². The maximum atomic E-state index is 11.5. The molecule has 2 N–H and O–H groups in total. The number of carbonyl (C=O) groups excluding carboxylic acids is 2. The van der Waals surface area contributed by atoms with Gasteiger partial charge in [-0.25, -0.2) is 0 Å². The molecule has 0 aliphatic rings. The number of amides is 2. The first-order valence-electron chi connectivity index (χ1n) is 6.31. The van der Waals surface area contributed by atoms with Gasteiger partial charge in [0, 0.05) is 12.1 Å². The van der Waals surface area contributed by atoms with Gasteiger partial charge in [-0.2, -0.15) is 0 Å². The Morgan fingerprint density at radius 1 is 1.17 bits per heavy atom. The smallest absolute Gasteiger partial charge is 0.243 e. The number of hydrogen-bond donors (Lipinski definition) is 2. The van der Waals surface area contributed by atoms with Crippen molar-refractivity contribution in [2.45, 2.75) is 26.1 Å². The summed E-state index contributed by atoms with van der Waals surface area (Å²) in [5.74, 6) is -0.294. The van der Waals surface area contributed by atoms with E-state index in [-0.39, 0.29) is 18.4 Å². The lowest BCUT2D eigenvalue weighted by Gasteiger charge is -2.07. The van der Waals surface area contributed by atoms with Crippen molar-refractivity contribution in [3.05, 3.63) is 29.8 Å². The highest BCUT2D eigenvalue weighted by Crippen LogP contribution is 2.08. The van der Waals surface area contributed by atoms with Crippen molar-refractivity contribution in [1.29, 1.82) is 0 Å². The zero-order valence-corrected chi connectivity index (χ0v) is 11.0. The average Bonchev–Trinajstić information content (AvgIpc) is 2.38. The number of hydrogen-bond acceptors (Lipinski definition) is 2. The molecule has 0 radical (unpaired) electrons. The van der Waals surface area contributed by atoms with Crippen LogP contribution in [-0.2, 0) is 15.9 Å². The van der Waals surface area contributed by atoms with E-state index in [4.69, 9.17) is 0 Å². The van der Waals surface area contributed by atoms with Gasteiger partial charge in [0.2, 0.25) is 11.8 Å². The molecule has 1 rings (SSSR count). The Kier molecular flexibility index (Phi) is 5.98. The van der Waals surface area contributed by atoms with Crippen molar-refractivity contribution in [2.75, 3.05) is 11.9 Å². The van der Waals surface area contributed by atoms with Gasteiger partial charge in [0.25, 0.3) is 0 Å². The third-order valence-electron chi connectivity index (χ3n) is 2.57. The normalized spacial score (nSPS) is 9.83. The Hall–Kier alpha value is -1.78. The number of anilines is 1. The van der Waals surface area contributed by atoms with E-state index in [1.165, 1.54) is 5.56 Å². The molecule has 0 saturated carbocycles. The summed E-state index contributed by atoms with van der Waals surface area (Å²) in [6.45, 7) is 1.95. The Labute approximate surface area is 109 Å². The minimum atomic E-state index is -0.205. The van der Waals surface area contributed by atoms with Crippen LogP contribution in [0.2, 0.25) is 0 Å². The molecule has 0 aliphatic carbocycles. The monoisotopic (exact) mass is 246 g/mol. The molecule has 0 fully saturated rings. The van der Waals surface area contributed by atoms with Crippen molar-refractivity contribution >= 4 is 25.3 Å². The van der Waals surface area contributed by atoms with Crippen LogP contribution in [0.25, 0.3) is 0 Å². The highest BCUT2D eigenvalue weighted by Gasteiger charge is 2.04. The molecule has 0 unspecified atom stereocenters. The number of carbonyl (C=O) groups is 2. The van der Waals surface area contributed by atoms with Crippen LogP contribution in [0.15, 0.2) is 24.3 Å². The zero-order chi connectivity index (χ0) is 13.4. The van der Waals surface area contributed by atoms with Crippen LogP contribution in [0.4, 0.5) is 5.69 Å². The topological polar surface area (TPSA) is 58.2 Å². The predicted molar refractivity (Wildman–Crippen MR) is 75.2 cm³/mol. The molecule has 1 aromatic rings. The number of rotatable bonds is 6. The van der Waals surface area contributed by atoms with E-state index in [1.807, 2.05) is 31.2 Å². The maximum Gasteiger partial charge on any atom is 0.243 e. The largest absolute Gasteiger partial charge is 0.347 e. The Balaban J connectivity index is 2.37. The molecule has 4 nitrogen and oxygen atoms in total.